The van der Waals surface area contributed by atoms with Gasteiger partial charge in [0.15, 0.2) is 0 Å². The molecule has 2 aromatic heterocycles. The molecule has 0 radical (unpaired) electrons. The van der Waals surface area contributed by atoms with Crippen LogP contribution >= 0.6 is 0 Å². The molecule has 0 aliphatic heterocycles. The van der Waals surface area contributed by atoms with E-state index in [1.807, 2.05) is 12.1 Å². The maximum absolute atomic E-state index is 5.48. The Kier molecular flexibility index (Phi) is 2.93. The first-order valence-corrected chi connectivity index (χ1v) is 6.02. The average molecular weight is 245 g/mol. The smallest absolute Gasteiger partial charge is 0.342 e. The molecule has 94 valence electrons. The summed E-state index contributed by atoms with van der Waals surface area (Å²) in [6, 6.07) is 6.70. The number of aromatic nitrogens is 4. The van der Waals surface area contributed by atoms with Crippen LogP contribution in [0.25, 0.3) is 0 Å². The number of hydrogen-bond donors (Lipinski definition) is 1. The van der Waals surface area contributed by atoms with Crippen LogP contribution in [-0.4, -0.2) is 25.8 Å². The number of pyridine rings is 1. The van der Waals surface area contributed by atoms with Gasteiger partial charge < -0.3 is 10.1 Å². The number of ether oxygens (including phenoxy) is 1. The molecule has 0 aromatic carbocycles. The number of aryl methyl sites for hydroxylation is 1. The Hall–Kier alpha value is -1.95. The number of nitrogens with one attached hydrogen (secondary N) is 1. The van der Waals surface area contributed by atoms with Crippen LogP contribution in [0.5, 0.6) is 11.9 Å². The second-order valence-electron chi connectivity index (χ2n) is 4.43. The van der Waals surface area contributed by atoms with Gasteiger partial charge in [-0.15, -0.1) is 5.10 Å². The Morgan fingerprint density at radius 2 is 2.33 bits per heavy atom. The summed E-state index contributed by atoms with van der Waals surface area (Å²) in [7, 11) is 1.79. The molecule has 1 saturated carbocycles. The highest BCUT2D eigenvalue weighted by atomic mass is 16.5. The average Bonchev–Trinajstić information content (AvgIpc) is 3.11. The highest BCUT2D eigenvalue weighted by Crippen LogP contribution is 2.19. The molecule has 1 aliphatic carbocycles. The molecular weight excluding hydrogens is 230 g/mol. The fourth-order valence-corrected chi connectivity index (χ4v) is 1.61. The van der Waals surface area contributed by atoms with Crippen molar-refractivity contribution >= 4 is 0 Å². The first-order chi connectivity index (χ1) is 8.79. The van der Waals surface area contributed by atoms with E-state index >= 15 is 0 Å². The lowest BCUT2D eigenvalue weighted by atomic mass is 10.3. The fraction of sp³-hybridized carbons (Fsp3) is 0.417. The van der Waals surface area contributed by atoms with Crippen LogP contribution in [0.3, 0.4) is 0 Å². The first kappa shape index (κ1) is 11.2. The molecule has 6 nitrogen and oxygen atoms in total. The molecular formula is C12H15N5O. The van der Waals surface area contributed by atoms with E-state index in [2.05, 4.69) is 20.4 Å². The summed E-state index contributed by atoms with van der Waals surface area (Å²) in [5.41, 5.74) is 0.968. The first-order valence-electron chi connectivity index (χ1n) is 6.02. The van der Waals surface area contributed by atoms with Crippen molar-refractivity contribution in [3.8, 4) is 11.9 Å². The zero-order chi connectivity index (χ0) is 12.4. The minimum absolute atomic E-state index is 0.317. The summed E-state index contributed by atoms with van der Waals surface area (Å²) in [6.45, 7) is 0.775. The van der Waals surface area contributed by atoms with Crippen molar-refractivity contribution in [2.45, 2.75) is 25.4 Å². The molecule has 2 aromatic rings. The molecule has 3 rings (SSSR count). The van der Waals surface area contributed by atoms with Gasteiger partial charge in [-0.25, -0.2) is 4.98 Å². The summed E-state index contributed by atoms with van der Waals surface area (Å²) >= 11 is 0. The standard InChI is InChI=1S/C12H15N5O/c1-17-8-14-12(16-17)18-11-4-2-3-10(15-11)7-13-9-5-6-9/h2-4,8-9,13H,5-7H2,1H3. The Bertz CT molecular complexity index is 535. The zero-order valence-electron chi connectivity index (χ0n) is 10.2. The lowest BCUT2D eigenvalue weighted by molar-refractivity contribution is 0.420. The molecule has 0 spiro atoms. The molecule has 2 heterocycles. The molecule has 0 saturated heterocycles. The molecule has 0 bridgehead atoms. The molecule has 1 fully saturated rings. The minimum atomic E-state index is 0.317. The Morgan fingerprint density at radius 1 is 1.44 bits per heavy atom. The molecule has 0 unspecified atom stereocenters. The van der Waals surface area contributed by atoms with E-state index in [-0.39, 0.29) is 0 Å². The summed E-state index contributed by atoms with van der Waals surface area (Å²) in [5, 5.41) is 7.46. The van der Waals surface area contributed by atoms with Gasteiger partial charge in [0.05, 0.1) is 5.69 Å². The van der Waals surface area contributed by atoms with Gasteiger partial charge in [0.25, 0.3) is 0 Å². The SMILES string of the molecule is Cn1cnc(Oc2cccc(CNC3CC3)n2)n1. The largest absolute Gasteiger partial charge is 0.404 e. The van der Waals surface area contributed by atoms with Gasteiger partial charge in [0.1, 0.15) is 6.33 Å². The van der Waals surface area contributed by atoms with Gasteiger partial charge in [-0.1, -0.05) is 6.07 Å². The third-order valence-corrected chi connectivity index (χ3v) is 2.70. The number of rotatable bonds is 5. The fourth-order valence-electron chi connectivity index (χ4n) is 1.61. The number of hydrogen-bond acceptors (Lipinski definition) is 5. The monoisotopic (exact) mass is 245 g/mol. The van der Waals surface area contributed by atoms with Gasteiger partial charge in [-0.2, -0.15) is 4.98 Å². The molecule has 18 heavy (non-hydrogen) atoms. The molecule has 1 aliphatic rings. The van der Waals surface area contributed by atoms with Gasteiger partial charge in [-0.3, -0.25) is 4.68 Å². The van der Waals surface area contributed by atoms with Gasteiger partial charge in [-0.05, 0) is 18.9 Å². The van der Waals surface area contributed by atoms with Crippen molar-refractivity contribution in [1.82, 2.24) is 25.1 Å². The van der Waals surface area contributed by atoms with Crippen LogP contribution in [0.1, 0.15) is 18.5 Å². The molecule has 0 atom stereocenters. The van der Waals surface area contributed by atoms with E-state index in [1.165, 1.54) is 12.8 Å². The second-order valence-corrected chi connectivity index (χ2v) is 4.43. The van der Waals surface area contributed by atoms with Crippen molar-refractivity contribution in [1.29, 1.82) is 0 Å². The maximum Gasteiger partial charge on any atom is 0.342 e. The number of nitrogens with zero attached hydrogens (tertiary/aromatic N) is 4. The quantitative estimate of drug-likeness (QED) is 0.859. The normalized spacial score (nSPS) is 14.7. The van der Waals surface area contributed by atoms with Gasteiger partial charge in [0.2, 0.25) is 5.88 Å². The van der Waals surface area contributed by atoms with E-state index in [4.69, 9.17) is 4.74 Å². The second kappa shape index (κ2) is 4.73. The molecule has 0 amide bonds. The zero-order valence-corrected chi connectivity index (χ0v) is 10.2. The highest BCUT2D eigenvalue weighted by molar-refractivity contribution is 5.18. The van der Waals surface area contributed by atoms with Crippen LogP contribution in [0.15, 0.2) is 24.5 Å². The van der Waals surface area contributed by atoms with Crippen LogP contribution in [0, 0.1) is 0 Å². The Morgan fingerprint density at radius 3 is 3.06 bits per heavy atom. The molecule has 1 N–H and O–H groups in total. The highest BCUT2D eigenvalue weighted by Gasteiger charge is 2.20. The van der Waals surface area contributed by atoms with Crippen LogP contribution in [-0.2, 0) is 13.6 Å². The Labute approximate surface area is 105 Å². The Balaban J connectivity index is 1.65. The third kappa shape index (κ3) is 2.84. The topological polar surface area (TPSA) is 64.9 Å². The minimum Gasteiger partial charge on any atom is -0.404 e. The van der Waals surface area contributed by atoms with Crippen LogP contribution < -0.4 is 10.1 Å². The summed E-state index contributed by atoms with van der Waals surface area (Å²) in [5.74, 6) is 0.524. The third-order valence-electron chi connectivity index (χ3n) is 2.70. The predicted octanol–water partition coefficient (Wildman–Crippen LogP) is 1.25. The van der Waals surface area contributed by atoms with Crippen molar-refractivity contribution < 1.29 is 4.74 Å². The van der Waals surface area contributed by atoms with Gasteiger partial charge in [0, 0.05) is 25.7 Å². The van der Waals surface area contributed by atoms with E-state index in [0.717, 1.165) is 12.2 Å². The van der Waals surface area contributed by atoms with E-state index < -0.39 is 0 Å². The summed E-state index contributed by atoms with van der Waals surface area (Å²) in [6.07, 6.45) is 4.13. The maximum atomic E-state index is 5.48. The van der Waals surface area contributed by atoms with Crippen molar-refractivity contribution in [3.05, 3.63) is 30.2 Å². The lowest BCUT2D eigenvalue weighted by Gasteiger charge is -2.04. The summed E-state index contributed by atoms with van der Waals surface area (Å²) in [4.78, 5) is 8.40. The van der Waals surface area contributed by atoms with Crippen molar-refractivity contribution in [2.24, 2.45) is 7.05 Å². The van der Waals surface area contributed by atoms with Crippen LogP contribution in [0.2, 0.25) is 0 Å². The summed E-state index contributed by atoms with van der Waals surface area (Å²) < 4.78 is 7.07. The van der Waals surface area contributed by atoms with Crippen molar-refractivity contribution in [2.75, 3.05) is 0 Å². The van der Waals surface area contributed by atoms with Crippen molar-refractivity contribution in [3.63, 3.8) is 0 Å². The van der Waals surface area contributed by atoms with E-state index in [1.54, 1.807) is 24.1 Å². The lowest BCUT2D eigenvalue weighted by Crippen LogP contribution is -2.16. The molecule has 6 heteroatoms. The van der Waals surface area contributed by atoms with E-state index in [9.17, 15) is 0 Å². The van der Waals surface area contributed by atoms with E-state index in [0.29, 0.717) is 17.9 Å². The predicted molar refractivity (Wildman–Crippen MR) is 65.2 cm³/mol. The van der Waals surface area contributed by atoms with Gasteiger partial charge >= 0.3 is 6.01 Å². The van der Waals surface area contributed by atoms with Crippen LogP contribution in [0.4, 0.5) is 0 Å².